The highest BCUT2D eigenvalue weighted by molar-refractivity contribution is 5.40. The molecule has 0 aliphatic carbocycles. The average molecular weight is 221 g/mol. The molecule has 1 aromatic carbocycles. The van der Waals surface area contributed by atoms with Gasteiger partial charge in [0.05, 0.1) is 6.61 Å². The first-order chi connectivity index (χ1) is 7.60. The summed E-state index contributed by atoms with van der Waals surface area (Å²) in [5.41, 5.74) is 5.51. The first-order valence-corrected chi connectivity index (χ1v) is 5.81. The molecule has 0 radical (unpaired) electrons. The predicted molar refractivity (Wildman–Crippen MR) is 69.2 cm³/mol. The number of benzene rings is 1. The maximum Gasteiger partial charge on any atom is 0.0543 e. The number of methoxy groups -OCH3 is 1. The summed E-state index contributed by atoms with van der Waals surface area (Å²) < 4.78 is 5.31. The van der Waals surface area contributed by atoms with Crippen molar-refractivity contribution in [1.29, 1.82) is 0 Å². The van der Waals surface area contributed by atoms with E-state index < -0.39 is 0 Å². The number of nitrogens with one attached hydrogen (secondary N) is 1. The molecule has 0 amide bonds. The molecule has 16 heavy (non-hydrogen) atoms. The van der Waals surface area contributed by atoms with Crippen molar-refractivity contribution in [2.24, 2.45) is 0 Å². The Morgan fingerprint density at radius 3 is 2.19 bits per heavy atom. The average Bonchev–Trinajstić information content (AvgIpc) is 2.16. The maximum absolute atomic E-state index is 5.31. The third-order valence-corrected chi connectivity index (χ3v) is 2.96. The minimum atomic E-state index is 0.440. The van der Waals surface area contributed by atoms with Crippen molar-refractivity contribution in [2.75, 3.05) is 27.3 Å². The van der Waals surface area contributed by atoms with Gasteiger partial charge < -0.3 is 10.1 Å². The van der Waals surface area contributed by atoms with E-state index in [1.165, 1.54) is 22.3 Å². The van der Waals surface area contributed by atoms with Crippen molar-refractivity contribution < 1.29 is 4.74 Å². The highest BCUT2D eigenvalue weighted by Gasteiger charge is 2.15. The van der Waals surface area contributed by atoms with Crippen LogP contribution in [0.3, 0.4) is 0 Å². The molecule has 1 rings (SSSR count). The number of aryl methyl sites for hydroxylation is 3. The molecule has 1 N–H and O–H groups in total. The summed E-state index contributed by atoms with van der Waals surface area (Å²) in [6.07, 6.45) is 0. The van der Waals surface area contributed by atoms with Crippen molar-refractivity contribution in [3.63, 3.8) is 0 Å². The van der Waals surface area contributed by atoms with Gasteiger partial charge in [0.2, 0.25) is 0 Å². The van der Waals surface area contributed by atoms with Crippen molar-refractivity contribution in [1.82, 2.24) is 5.32 Å². The first kappa shape index (κ1) is 13.2. The third-order valence-electron chi connectivity index (χ3n) is 2.96. The van der Waals surface area contributed by atoms with Crippen LogP contribution in [0.2, 0.25) is 0 Å². The van der Waals surface area contributed by atoms with Crippen molar-refractivity contribution in [2.45, 2.75) is 26.7 Å². The van der Waals surface area contributed by atoms with Gasteiger partial charge in [0.15, 0.2) is 0 Å². The molecule has 90 valence electrons. The van der Waals surface area contributed by atoms with Crippen LogP contribution < -0.4 is 5.32 Å². The zero-order valence-electron chi connectivity index (χ0n) is 11.1. The van der Waals surface area contributed by atoms with E-state index in [-0.39, 0.29) is 0 Å². The summed E-state index contributed by atoms with van der Waals surface area (Å²) >= 11 is 0. The van der Waals surface area contributed by atoms with Crippen LogP contribution in [0.4, 0.5) is 0 Å². The molecule has 2 heteroatoms. The molecule has 0 aliphatic rings. The summed E-state index contributed by atoms with van der Waals surface area (Å²) in [6, 6.07) is 4.50. The van der Waals surface area contributed by atoms with Crippen LogP contribution in [0.5, 0.6) is 0 Å². The van der Waals surface area contributed by atoms with Gasteiger partial charge in [-0.1, -0.05) is 17.7 Å². The molecule has 2 nitrogen and oxygen atoms in total. The minimum absolute atomic E-state index is 0.440. The Hall–Kier alpha value is -0.860. The zero-order chi connectivity index (χ0) is 12.1. The van der Waals surface area contributed by atoms with Gasteiger partial charge >= 0.3 is 0 Å². The third kappa shape index (κ3) is 3.06. The lowest BCUT2D eigenvalue weighted by molar-refractivity contribution is 0.178. The molecule has 0 aromatic heterocycles. The van der Waals surface area contributed by atoms with E-state index in [0.29, 0.717) is 5.92 Å². The van der Waals surface area contributed by atoms with Gasteiger partial charge in [-0.2, -0.15) is 0 Å². The lowest BCUT2D eigenvalue weighted by Crippen LogP contribution is -2.22. The Morgan fingerprint density at radius 1 is 1.19 bits per heavy atom. The maximum atomic E-state index is 5.31. The van der Waals surface area contributed by atoms with Crippen LogP contribution in [-0.2, 0) is 4.74 Å². The van der Waals surface area contributed by atoms with Crippen LogP contribution in [0.15, 0.2) is 12.1 Å². The number of rotatable bonds is 5. The second-order valence-electron chi connectivity index (χ2n) is 4.52. The molecule has 0 fully saturated rings. The van der Waals surface area contributed by atoms with E-state index in [2.05, 4.69) is 38.2 Å². The molecule has 0 heterocycles. The Kier molecular flexibility index (Phi) is 4.97. The number of likely N-dealkylation sites (N-methyl/N-ethyl adjacent to an activating group) is 1. The normalized spacial score (nSPS) is 12.8. The largest absolute Gasteiger partial charge is 0.384 e. The van der Waals surface area contributed by atoms with E-state index in [4.69, 9.17) is 4.74 Å². The second-order valence-corrected chi connectivity index (χ2v) is 4.52. The smallest absolute Gasteiger partial charge is 0.0543 e. The summed E-state index contributed by atoms with van der Waals surface area (Å²) in [7, 11) is 3.75. The van der Waals surface area contributed by atoms with E-state index in [9.17, 15) is 0 Å². The van der Waals surface area contributed by atoms with E-state index in [1.54, 1.807) is 7.11 Å². The van der Waals surface area contributed by atoms with Crippen LogP contribution in [0.1, 0.15) is 28.2 Å². The van der Waals surface area contributed by atoms with Crippen LogP contribution in [0, 0.1) is 20.8 Å². The fourth-order valence-corrected chi connectivity index (χ4v) is 2.53. The molecule has 1 atom stereocenters. The minimum Gasteiger partial charge on any atom is -0.384 e. The van der Waals surface area contributed by atoms with Crippen LogP contribution in [0.25, 0.3) is 0 Å². The molecule has 0 spiro atoms. The zero-order valence-corrected chi connectivity index (χ0v) is 11.1. The van der Waals surface area contributed by atoms with Crippen molar-refractivity contribution in [3.8, 4) is 0 Å². The summed E-state index contributed by atoms with van der Waals surface area (Å²) in [5.74, 6) is 0.440. The number of hydrogen-bond donors (Lipinski definition) is 1. The Bertz CT molecular complexity index is 318. The van der Waals surface area contributed by atoms with E-state index in [0.717, 1.165) is 13.2 Å². The highest BCUT2D eigenvalue weighted by atomic mass is 16.5. The standard InChI is InChI=1S/C14H23NO/c1-10-6-11(2)14(12(3)7-10)13(8-15-4)9-16-5/h6-7,13,15H,8-9H2,1-5H3. The van der Waals surface area contributed by atoms with Crippen LogP contribution >= 0.6 is 0 Å². The van der Waals surface area contributed by atoms with Crippen LogP contribution in [-0.4, -0.2) is 27.3 Å². The lowest BCUT2D eigenvalue weighted by atomic mass is 9.89. The summed E-state index contributed by atoms with van der Waals surface area (Å²) in [5, 5.41) is 3.24. The topological polar surface area (TPSA) is 21.3 Å². The molecule has 0 bridgehead atoms. The fraction of sp³-hybridized carbons (Fsp3) is 0.571. The summed E-state index contributed by atoms with van der Waals surface area (Å²) in [4.78, 5) is 0. The van der Waals surface area contributed by atoms with Gasteiger partial charge in [-0.15, -0.1) is 0 Å². The number of ether oxygens (including phenoxy) is 1. The second kappa shape index (κ2) is 6.02. The monoisotopic (exact) mass is 221 g/mol. The first-order valence-electron chi connectivity index (χ1n) is 5.81. The summed E-state index contributed by atoms with van der Waals surface area (Å²) in [6.45, 7) is 8.25. The van der Waals surface area contributed by atoms with Crippen molar-refractivity contribution >= 4 is 0 Å². The van der Waals surface area contributed by atoms with Gasteiger partial charge in [-0.05, 0) is 44.5 Å². The highest BCUT2D eigenvalue weighted by Crippen LogP contribution is 2.25. The van der Waals surface area contributed by atoms with Gasteiger partial charge in [-0.25, -0.2) is 0 Å². The Morgan fingerprint density at radius 2 is 1.75 bits per heavy atom. The number of hydrogen-bond acceptors (Lipinski definition) is 2. The van der Waals surface area contributed by atoms with Crippen molar-refractivity contribution in [3.05, 3.63) is 34.4 Å². The molecular formula is C14H23NO. The fourth-order valence-electron chi connectivity index (χ4n) is 2.53. The van der Waals surface area contributed by atoms with Gasteiger partial charge in [-0.3, -0.25) is 0 Å². The van der Waals surface area contributed by atoms with Gasteiger partial charge in [0, 0.05) is 19.6 Å². The molecule has 1 unspecified atom stereocenters. The Labute approximate surface area is 99.0 Å². The van der Waals surface area contributed by atoms with Gasteiger partial charge in [0.1, 0.15) is 0 Å². The molecule has 0 saturated carbocycles. The SMILES string of the molecule is CNCC(COC)c1c(C)cc(C)cc1C. The molecule has 1 aromatic rings. The lowest BCUT2D eigenvalue weighted by Gasteiger charge is -2.21. The van der Waals surface area contributed by atoms with Gasteiger partial charge in [0.25, 0.3) is 0 Å². The van der Waals surface area contributed by atoms with E-state index in [1.807, 2.05) is 7.05 Å². The Balaban J connectivity index is 3.07. The van der Waals surface area contributed by atoms with E-state index >= 15 is 0 Å². The molecule has 0 aliphatic heterocycles. The quantitative estimate of drug-likeness (QED) is 0.825. The molecule has 0 saturated heterocycles. The molecular weight excluding hydrogens is 198 g/mol. The predicted octanol–water partition coefficient (Wildman–Crippen LogP) is 2.56.